The zero-order chi connectivity index (χ0) is 21.9. The van der Waals surface area contributed by atoms with Crippen LogP contribution in [0, 0.1) is 13.8 Å². The molecule has 31 heavy (non-hydrogen) atoms. The number of benzene rings is 2. The number of carbonyl (C=O) groups excluding carboxylic acids is 3. The number of aryl methyl sites for hydroxylation is 2. The van der Waals surface area contributed by atoms with Gasteiger partial charge in [-0.25, -0.2) is 14.6 Å². The average molecular weight is 410 g/mol. The van der Waals surface area contributed by atoms with Crippen LogP contribution in [-0.4, -0.2) is 32.4 Å². The molecule has 0 N–H and O–H groups in total. The minimum absolute atomic E-state index is 0.0842. The van der Waals surface area contributed by atoms with Gasteiger partial charge < -0.3 is 0 Å². The number of ketones is 1. The summed E-state index contributed by atoms with van der Waals surface area (Å²) in [4.78, 5) is 43.6. The van der Waals surface area contributed by atoms with E-state index in [-0.39, 0.29) is 11.3 Å². The topological polar surface area (TPSA) is 85.2 Å². The summed E-state index contributed by atoms with van der Waals surface area (Å²) in [7, 11) is 0. The van der Waals surface area contributed by atoms with Crippen molar-refractivity contribution in [1.29, 1.82) is 0 Å². The molecule has 2 amide bonds. The molecule has 0 radical (unpaired) electrons. The molecule has 1 aliphatic heterocycles. The molecule has 7 heteroatoms. The first-order valence-corrected chi connectivity index (χ1v) is 9.82. The number of nitrogens with zero attached hydrogens (tertiary/aromatic N) is 4. The van der Waals surface area contributed by atoms with Gasteiger partial charge in [0, 0.05) is 11.8 Å². The normalized spacial score (nSPS) is 13.2. The molecule has 7 nitrogen and oxygen atoms in total. The fourth-order valence-corrected chi connectivity index (χ4v) is 4.01. The van der Waals surface area contributed by atoms with E-state index in [1.807, 2.05) is 31.2 Å². The minimum Gasteiger partial charge on any atom is -0.295 e. The molecule has 3 heterocycles. The van der Waals surface area contributed by atoms with Crippen molar-refractivity contribution >= 4 is 34.3 Å². The van der Waals surface area contributed by atoms with E-state index < -0.39 is 11.8 Å². The van der Waals surface area contributed by atoms with E-state index in [1.165, 1.54) is 13.1 Å². The Hall–Kier alpha value is -4.13. The van der Waals surface area contributed by atoms with Crippen molar-refractivity contribution in [2.45, 2.75) is 20.8 Å². The van der Waals surface area contributed by atoms with E-state index in [2.05, 4.69) is 10.1 Å². The summed E-state index contributed by atoms with van der Waals surface area (Å²) in [6.45, 7) is 5.25. The lowest BCUT2D eigenvalue weighted by Gasteiger charge is -2.14. The number of fused-ring (bicyclic) bond motifs is 3. The van der Waals surface area contributed by atoms with Gasteiger partial charge in [-0.3, -0.25) is 14.4 Å². The first kappa shape index (κ1) is 18.9. The standard InChI is InChI=1S/C24H18N4O3/c1-13-6-4-5-7-19(13)28-22-20(14(2)26-28)21-18(12-25-22)23(30)27(24(21)31)17-10-8-16(9-11-17)15(3)29/h4-12H,1-3H3. The van der Waals surface area contributed by atoms with Gasteiger partial charge in [-0.1, -0.05) is 18.2 Å². The van der Waals surface area contributed by atoms with E-state index in [1.54, 1.807) is 35.9 Å². The van der Waals surface area contributed by atoms with Gasteiger partial charge in [0.25, 0.3) is 11.8 Å². The van der Waals surface area contributed by atoms with E-state index in [9.17, 15) is 14.4 Å². The lowest BCUT2D eigenvalue weighted by molar-refractivity contribution is 0.0925. The highest BCUT2D eigenvalue weighted by Gasteiger charge is 2.40. The van der Waals surface area contributed by atoms with Crippen LogP contribution >= 0.6 is 0 Å². The predicted octanol–water partition coefficient (Wildman–Crippen LogP) is 4.04. The van der Waals surface area contributed by atoms with Gasteiger partial charge >= 0.3 is 0 Å². The molecule has 0 spiro atoms. The first-order valence-electron chi connectivity index (χ1n) is 9.82. The van der Waals surface area contributed by atoms with Crippen molar-refractivity contribution in [1.82, 2.24) is 14.8 Å². The van der Waals surface area contributed by atoms with Gasteiger partial charge in [-0.15, -0.1) is 0 Å². The van der Waals surface area contributed by atoms with Crippen molar-refractivity contribution in [3.63, 3.8) is 0 Å². The highest BCUT2D eigenvalue weighted by molar-refractivity contribution is 6.37. The molecule has 1 aliphatic rings. The van der Waals surface area contributed by atoms with Gasteiger partial charge in [-0.2, -0.15) is 5.10 Å². The fraction of sp³-hybridized carbons (Fsp3) is 0.125. The Bertz CT molecular complexity index is 1420. The third kappa shape index (κ3) is 2.70. The molecule has 0 fully saturated rings. The number of pyridine rings is 1. The number of anilines is 1. The molecule has 152 valence electrons. The minimum atomic E-state index is -0.437. The Morgan fingerprint density at radius 1 is 0.935 bits per heavy atom. The largest absolute Gasteiger partial charge is 0.295 e. The second-order valence-electron chi connectivity index (χ2n) is 7.58. The number of rotatable bonds is 3. The van der Waals surface area contributed by atoms with Gasteiger partial charge in [0.15, 0.2) is 11.4 Å². The molecular formula is C24H18N4O3. The van der Waals surface area contributed by atoms with Crippen LogP contribution in [-0.2, 0) is 0 Å². The molecule has 0 bridgehead atoms. The number of Topliss-reactive ketones (excluding diaryl/α,β-unsaturated/α-hetero) is 1. The highest BCUT2D eigenvalue weighted by atomic mass is 16.2. The molecule has 5 rings (SSSR count). The maximum Gasteiger partial charge on any atom is 0.267 e. The lowest BCUT2D eigenvalue weighted by Crippen LogP contribution is -2.29. The van der Waals surface area contributed by atoms with Crippen molar-refractivity contribution in [2.24, 2.45) is 0 Å². The molecule has 0 saturated heterocycles. The molecule has 4 aromatic rings. The van der Waals surface area contributed by atoms with Crippen molar-refractivity contribution in [3.8, 4) is 5.69 Å². The quantitative estimate of drug-likeness (QED) is 0.376. The Morgan fingerprint density at radius 2 is 1.65 bits per heavy atom. The Kier molecular flexibility index (Phi) is 4.08. The summed E-state index contributed by atoms with van der Waals surface area (Å²) in [6.07, 6.45) is 1.44. The lowest BCUT2D eigenvalue weighted by atomic mass is 10.1. The summed E-state index contributed by atoms with van der Waals surface area (Å²) in [6, 6.07) is 14.2. The fourth-order valence-electron chi connectivity index (χ4n) is 4.01. The zero-order valence-electron chi connectivity index (χ0n) is 17.2. The molecule has 0 saturated carbocycles. The first-order chi connectivity index (χ1) is 14.9. The molecule has 2 aromatic carbocycles. The number of amides is 2. The highest BCUT2D eigenvalue weighted by Crippen LogP contribution is 2.34. The van der Waals surface area contributed by atoms with E-state index in [0.717, 1.165) is 16.2 Å². The summed E-state index contributed by atoms with van der Waals surface area (Å²) in [5.74, 6) is -0.942. The second kappa shape index (κ2) is 6.70. The molecule has 0 unspecified atom stereocenters. The maximum atomic E-state index is 13.4. The third-order valence-electron chi connectivity index (χ3n) is 5.60. The Balaban J connectivity index is 1.67. The number of hydrogen-bond acceptors (Lipinski definition) is 5. The zero-order valence-corrected chi connectivity index (χ0v) is 17.2. The average Bonchev–Trinajstić information content (AvgIpc) is 3.22. The maximum absolute atomic E-state index is 13.4. The predicted molar refractivity (Wildman–Crippen MR) is 116 cm³/mol. The van der Waals surface area contributed by atoms with Gasteiger partial charge in [0.2, 0.25) is 0 Å². The number of carbonyl (C=O) groups is 3. The second-order valence-corrected chi connectivity index (χ2v) is 7.58. The summed E-state index contributed by atoms with van der Waals surface area (Å²) in [5.41, 5.74) is 4.51. The van der Waals surface area contributed by atoms with E-state index in [0.29, 0.717) is 33.5 Å². The Labute approximate surface area is 177 Å². The monoisotopic (exact) mass is 410 g/mol. The third-order valence-corrected chi connectivity index (χ3v) is 5.60. The Morgan fingerprint density at radius 3 is 2.32 bits per heavy atom. The molecule has 0 atom stereocenters. The SMILES string of the molecule is CC(=O)c1ccc(N2C(=O)c3cnc4c(c(C)nn4-c4ccccc4C)c3C2=O)cc1. The van der Waals surface area contributed by atoms with Crippen LogP contribution in [0.25, 0.3) is 16.7 Å². The van der Waals surface area contributed by atoms with E-state index in [4.69, 9.17) is 0 Å². The van der Waals surface area contributed by atoms with Crippen LogP contribution in [0.5, 0.6) is 0 Å². The van der Waals surface area contributed by atoms with Crippen LogP contribution in [0.15, 0.2) is 54.7 Å². The van der Waals surface area contributed by atoms with Crippen LogP contribution in [0.3, 0.4) is 0 Å². The molecule has 2 aromatic heterocycles. The van der Waals surface area contributed by atoms with Crippen LogP contribution < -0.4 is 4.90 Å². The van der Waals surface area contributed by atoms with Crippen LogP contribution in [0.4, 0.5) is 5.69 Å². The number of imide groups is 1. The van der Waals surface area contributed by atoms with Gasteiger partial charge in [0.05, 0.1) is 33.6 Å². The van der Waals surface area contributed by atoms with Crippen molar-refractivity contribution < 1.29 is 14.4 Å². The smallest absolute Gasteiger partial charge is 0.267 e. The van der Waals surface area contributed by atoms with Crippen LogP contribution in [0.2, 0.25) is 0 Å². The summed E-state index contributed by atoms with van der Waals surface area (Å²) >= 11 is 0. The summed E-state index contributed by atoms with van der Waals surface area (Å²) < 4.78 is 1.71. The molecular weight excluding hydrogens is 392 g/mol. The van der Waals surface area contributed by atoms with Crippen molar-refractivity contribution in [2.75, 3.05) is 4.90 Å². The number of para-hydroxylation sites is 1. The van der Waals surface area contributed by atoms with Gasteiger partial charge in [0.1, 0.15) is 0 Å². The van der Waals surface area contributed by atoms with E-state index >= 15 is 0 Å². The van der Waals surface area contributed by atoms with Gasteiger partial charge in [-0.05, 0) is 56.7 Å². The number of hydrogen-bond donors (Lipinski definition) is 0. The molecule has 0 aliphatic carbocycles. The number of aromatic nitrogens is 3. The summed E-state index contributed by atoms with van der Waals surface area (Å²) in [5, 5.41) is 5.19. The van der Waals surface area contributed by atoms with Crippen LogP contribution in [0.1, 0.15) is 49.3 Å². The van der Waals surface area contributed by atoms with Crippen molar-refractivity contribution in [3.05, 3.63) is 82.7 Å².